The minimum atomic E-state index is -0.714. The van der Waals surface area contributed by atoms with Crippen LogP contribution in [0.25, 0.3) is 11.1 Å². The lowest BCUT2D eigenvalue weighted by Gasteiger charge is -2.12. The van der Waals surface area contributed by atoms with Crippen LogP contribution in [0.2, 0.25) is 0 Å². The Balaban J connectivity index is 2.82. The molecule has 0 spiro atoms. The van der Waals surface area contributed by atoms with Gasteiger partial charge >= 0.3 is 5.97 Å². The van der Waals surface area contributed by atoms with Crippen LogP contribution >= 0.6 is 0 Å². The van der Waals surface area contributed by atoms with Gasteiger partial charge in [0.25, 0.3) is 5.56 Å². The molecule has 0 radical (unpaired) electrons. The summed E-state index contributed by atoms with van der Waals surface area (Å²) in [6.45, 7) is 1.22. The number of rotatable bonds is 3. The smallest absolute Gasteiger partial charge is 0.308 e. The van der Waals surface area contributed by atoms with E-state index in [2.05, 4.69) is 4.98 Å². The zero-order valence-electron chi connectivity index (χ0n) is 12.8. The molecule has 0 fully saturated rings. The Morgan fingerprint density at radius 3 is 2.42 bits per heavy atom. The third-order valence-corrected chi connectivity index (χ3v) is 3.17. The molecule has 8 heteroatoms. The fourth-order valence-electron chi connectivity index (χ4n) is 2.20. The average Bonchev–Trinajstić information content (AvgIpc) is 2.53. The molecule has 1 aromatic heterocycles. The number of pyridine rings is 1. The predicted molar refractivity (Wildman–Crippen MR) is 84.2 cm³/mol. The minimum Gasteiger partial charge on any atom is -0.493 e. The number of hydrogen-bond acceptors (Lipinski definition) is 7. The molecule has 0 aliphatic heterocycles. The Labute approximate surface area is 136 Å². The number of nitrogens with one attached hydrogen (secondary N) is 1. The van der Waals surface area contributed by atoms with Crippen LogP contribution in [0.1, 0.15) is 18.1 Å². The van der Waals surface area contributed by atoms with Crippen molar-refractivity contribution in [1.82, 2.24) is 4.98 Å². The molecule has 0 saturated heterocycles. The number of nitrogens with zero attached hydrogens (tertiary/aromatic N) is 2. The van der Waals surface area contributed by atoms with Gasteiger partial charge in [-0.15, -0.1) is 0 Å². The van der Waals surface area contributed by atoms with E-state index in [1.807, 2.05) is 6.07 Å². The second kappa shape index (κ2) is 6.55. The van der Waals surface area contributed by atoms with E-state index in [-0.39, 0.29) is 34.0 Å². The molecule has 1 heterocycles. The maximum absolute atomic E-state index is 11.9. The quantitative estimate of drug-likeness (QED) is 0.640. The third-order valence-electron chi connectivity index (χ3n) is 3.17. The molecule has 0 bridgehead atoms. The number of aromatic amines is 1. The van der Waals surface area contributed by atoms with E-state index in [9.17, 15) is 20.1 Å². The molecule has 8 nitrogen and oxygen atoms in total. The Hall–Kier alpha value is -3.78. The molecule has 24 heavy (non-hydrogen) atoms. The summed E-state index contributed by atoms with van der Waals surface area (Å²) in [5.41, 5.74) is 5.03. The third kappa shape index (κ3) is 2.89. The lowest BCUT2D eigenvalue weighted by molar-refractivity contribution is -0.132. The maximum Gasteiger partial charge on any atom is 0.308 e. The van der Waals surface area contributed by atoms with Gasteiger partial charge in [0, 0.05) is 12.5 Å². The number of carbonyl (C=O) groups excluding carboxylic acids is 1. The number of methoxy groups -OCH3 is 1. The van der Waals surface area contributed by atoms with Crippen LogP contribution in [-0.4, -0.2) is 18.1 Å². The van der Waals surface area contributed by atoms with Crippen molar-refractivity contribution in [2.24, 2.45) is 0 Å². The molecule has 1 aromatic carbocycles. The summed E-state index contributed by atoms with van der Waals surface area (Å²) in [7, 11) is 1.40. The molecule has 0 aliphatic carbocycles. The van der Waals surface area contributed by atoms with Crippen LogP contribution in [0, 0.1) is 22.7 Å². The highest BCUT2D eigenvalue weighted by Crippen LogP contribution is 2.35. The lowest BCUT2D eigenvalue weighted by Crippen LogP contribution is -2.16. The summed E-state index contributed by atoms with van der Waals surface area (Å²) in [5.74, 6) is -0.351. The Bertz CT molecular complexity index is 964. The van der Waals surface area contributed by atoms with Crippen molar-refractivity contribution in [3.8, 4) is 34.8 Å². The first-order valence-electron chi connectivity index (χ1n) is 6.65. The summed E-state index contributed by atoms with van der Waals surface area (Å²) >= 11 is 0. The molecule has 120 valence electrons. The van der Waals surface area contributed by atoms with Gasteiger partial charge in [0.1, 0.15) is 29.1 Å². The van der Waals surface area contributed by atoms with Crippen LogP contribution in [-0.2, 0) is 4.79 Å². The fourth-order valence-corrected chi connectivity index (χ4v) is 2.20. The van der Waals surface area contributed by atoms with Crippen LogP contribution in [0.3, 0.4) is 0 Å². The highest BCUT2D eigenvalue weighted by molar-refractivity contribution is 5.82. The average molecular weight is 324 g/mol. The number of nitrogens with two attached hydrogens (primary N) is 1. The SMILES string of the molecule is COc1ccc(-c2c(C#N)c(N)[nH]c(=O)c2C#N)cc1OC(C)=O. The van der Waals surface area contributed by atoms with E-state index in [1.54, 1.807) is 6.07 Å². The van der Waals surface area contributed by atoms with Gasteiger partial charge in [-0.2, -0.15) is 10.5 Å². The van der Waals surface area contributed by atoms with E-state index < -0.39 is 11.5 Å². The largest absolute Gasteiger partial charge is 0.493 e. The van der Waals surface area contributed by atoms with Gasteiger partial charge in [0.15, 0.2) is 11.5 Å². The van der Waals surface area contributed by atoms with Crippen molar-refractivity contribution in [3.05, 3.63) is 39.7 Å². The van der Waals surface area contributed by atoms with E-state index in [0.29, 0.717) is 5.56 Å². The monoisotopic (exact) mass is 324 g/mol. The molecule has 0 aliphatic rings. The number of nitriles is 2. The summed E-state index contributed by atoms with van der Waals surface area (Å²) in [4.78, 5) is 25.4. The fraction of sp³-hybridized carbons (Fsp3) is 0.125. The second-order valence-electron chi connectivity index (χ2n) is 4.68. The topological polar surface area (TPSA) is 142 Å². The van der Waals surface area contributed by atoms with Crippen LogP contribution < -0.4 is 20.8 Å². The van der Waals surface area contributed by atoms with E-state index in [1.165, 1.54) is 32.2 Å². The van der Waals surface area contributed by atoms with Gasteiger partial charge < -0.3 is 20.2 Å². The number of aromatic nitrogens is 1. The number of carbonyl (C=O) groups is 1. The molecule has 0 saturated carbocycles. The van der Waals surface area contributed by atoms with E-state index >= 15 is 0 Å². The van der Waals surface area contributed by atoms with Crippen molar-refractivity contribution < 1.29 is 14.3 Å². The highest BCUT2D eigenvalue weighted by Gasteiger charge is 2.20. The van der Waals surface area contributed by atoms with Crippen LogP contribution in [0.15, 0.2) is 23.0 Å². The van der Waals surface area contributed by atoms with Crippen molar-refractivity contribution in [3.63, 3.8) is 0 Å². The number of esters is 1. The Morgan fingerprint density at radius 2 is 1.88 bits per heavy atom. The van der Waals surface area contributed by atoms with Crippen LogP contribution in [0.4, 0.5) is 5.82 Å². The molecular weight excluding hydrogens is 312 g/mol. The molecular formula is C16H12N4O4. The standard InChI is InChI=1S/C16H12N4O4/c1-8(21)24-13-5-9(3-4-12(13)23-2)14-10(6-17)15(19)20-16(22)11(14)7-18/h3-5H,1-2H3,(H3,19,20,22). The van der Waals surface area contributed by atoms with Crippen LogP contribution in [0.5, 0.6) is 11.5 Å². The maximum atomic E-state index is 11.9. The molecule has 2 rings (SSSR count). The van der Waals surface area contributed by atoms with Crippen molar-refractivity contribution in [2.75, 3.05) is 12.8 Å². The molecule has 2 aromatic rings. The van der Waals surface area contributed by atoms with Gasteiger partial charge in [0.05, 0.1) is 7.11 Å². The molecule has 0 amide bonds. The highest BCUT2D eigenvalue weighted by atomic mass is 16.6. The number of benzene rings is 1. The number of H-pyrrole nitrogens is 1. The van der Waals surface area contributed by atoms with E-state index in [0.717, 1.165) is 0 Å². The number of hydrogen-bond donors (Lipinski definition) is 2. The van der Waals surface area contributed by atoms with Gasteiger partial charge in [-0.25, -0.2) is 0 Å². The van der Waals surface area contributed by atoms with Gasteiger partial charge in [-0.1, -0.05) is 6.07 Å². The summed E-state index contributed by atoms with van der Waals surface area (Å²) in [6.07, 6.45) is 0. The number of ether oxygens (including phenoxy) is 2. The summed E-state index contributed by atoms with van der Waals surface area (Å²) < 4.78 is 10.2. The molecule has 0 unspecified atom stereocenters. The minimum absolute atomic E-state index is 0.0508. The molecule has 0 atom stereocenters. The Kier molecular flexibility index (Phi) is 4.52. The first-order valence-corrected chi connectivity index (χ1v) is 6.65. The van der Waals surface area contributed by atoms with Gasteiger partial charge in [-0.05, 0) is 17.7 Å². The Morgan fingerprint density at radius 1 is 1.21 bits per heavy atom. The molecule has 3 N–H and O–H groups in total. The summed E-state index contributed by atoms with van der Waals surface area (Å²) in [5, 5.41) is 18.6. The number of nitrogen functional groups attached to an aromatic ring is 1. The zero-order valence-corrected chi connectivity index (χ0v) is 12.8. The predicted octanol–water partition coefficient (Wildman–Crippen LogP) is 1.30. The van der Waals surface area contributed by atoms with Gasteiger partial charge in [0.2, 0.25) is 0 Å². The first-order chi connectivity index (χ1) is 11.4. The van der Waals surface area contributed by atoms with Gasteiger partial charge in [-0.3, -0.25) is 9.59 Å². The second-order valence-corrected chi connectivity index (χ2v) is 4.68. The lowest BCUT2D eigenvalue weighted by atomic mass is 9.96. The first kappa shape index (κ1) is 16.6. The summed E-state index contributed by atoms with van der Waals surface area (Å²) in [6, 6.07) is 8.05. The normalized spacial score (nSPS) is 9.67. The van der Waals surface area contributed by atoms with Crippen molar-refractivity contribution in [1.29, 1.82) is 10.5 Å². The van der Waals surface area contributed by atoms with Crippen molar-refractivity contribution >= 4 is 11.8 Å². The van der Waals surface area contributed by atoms with E-state index in [4.69, 9.17) is 15.2 Å². The zero-order chi connectivity index (χ0) is 17.9. The number of anilines is 1. The van der Waals surface area contributed by atoms with Crippen molar-refractivity contribution in [2.45, 2.75) is 6.92 Å².